The van der Waals surface area contributed by atoms with Crippen LogP contribution < -0.4 is 5.32 Å². The molecule has 1 rings (SSSR count). The molecule has 0 spiro atoms. The quantitative estimate of drug-likeness (QED) is 0.744. The van der Waals surface area contributed by atoms with Crippen molar-refractivity contribution in [3.63, 3.8) is 0 Å². The van der Waals surface area contributed by atoms with E-state index in [4.69, 9.17) is 9.84 Å². The molecule has 0 aromatic carbocycles. The monoisotopic (exact) mass is 347 g/mol. The number of methoxy groups -OCH3 is 1. The van der Waals surface area contributed by atoms with Gasteiger partial charge in [0, 0.05) is 24.7 Å². The van der Waals surface area contributed by atoms with Crippen molar-refractivity contribution in [3.05, 3.63) is 26.9 Å². The Kier molecular flexibility index (Phi) is 6.71. The van der Waals surface area contributed by atoms with E-state index in [1.165, 1.54) is 6.08 Å². The fraction of sp³-hybridized carbons (Fsp3) is 0.462. The lowest BCUT2D eigenvalue weighted by molar-refractivity contribution is -0.119. The molecule has 0 aliphatic heterocycles. The average molecular weight is 348 g/mol. The summed E-state index contributed by atoms with van der Waals surface area (Å²) in [6, 6.07) is 3.86. The van der Waals surface area contributed by atoms with Crippen LogP contribution in [0.5, 0.6) is 0 Å². The van der Waals surface area contributed by atoms with Crippen molar-refractivity contribution < 1.29 is 14.6 Å². The number of hydrogen-bond donors (Lipinski definition) is 2. The molecule has 1 aromatic heterocycles. The first-order valence-corrected chi connectivity index (χ1v) is 7.45. The zero-order chi connectivity index (χ0) is 14.3. The Morgan fingerprint density at radius 3 is 2.89 bits per heavy atom. The topological polar surface area (TPSA) is 58.6 Å². The minimum absolute atomic E-state index is 0.00171. The fourth-order valence-electron chi connectivity index (χ4n) is 1.65. The van der Waals surface area contributed by atoms with Gasteiger partial charge in [-0.3, -0.25) is 4.79 Å². The summed E-state index contributed by atoms with van der Waals surface area (Å²) in [7, 11) is 1.57. The maximum absolute atomic E-state index is 11.8. The van der Waals surface area contributed by atoms with E-state index in [9.17, 15) is 4.79 Å². The number of aliphatic hydroxyl groups excluding tert-OH is 1. The number of ether oxygens (including phenoxy) is 1. The van der Waals surface area contributed by atoms with Gasteiger partial charge in [-0.05, 0) is 47.5 Å². The van der Waals surface area contributed by atoms with Crippen molar-refractivity contribution >= 4 is 39.2 Å². The van der Waals surface area contributed by atoms with E-state index < -0.39 is 5.54 Å². The number of carbonyl (C=O) groups is 1. The molecule has 1 unspecified atom stereocenters. The van der Waals surface area contributed by atoms with Gasteiger partial charge in [0.1, 0.15) is 0 Å². The lowest BCUT2D eigenvalue weighted by Gasteiger charge is -2.28. The van der Waals surface area contributed by atoms with E-state index in [1.54, 1.807) is 24.5 Å². The molecule has 1 heterocycles. The highest BCUT2D eigenvalue weighted by molar-refractivity contribution is 9.11. The number of nitrogens with one attached hydrogen (secondary N) is 1. The smallest absolute Gasteiger partial charge is 0.244 e. The summed E-state index contributed by atoms with van der Waals surface area (Å²) in [4.78, 5) is 12.8. The van der Waals surface area contributed by atoms with E-state index >= 15 is 0 Å². The van der Waals surface area contributed by atoms with Crippen molar-refractivity contribution in [3.8, 4) is 0 Å². The van der Waals surface area contributed by atoms with Crippen LogP contribution in [-0.2, 0) is 9.53 Å². The maximum Gasteiger partial charge on any atom is 0.244 e. The summed E-state index contributed by atoms with van der Waals surface area (Å²) in [5, 5.41) is 11.9. The van der Waals surface area contributed by atoms with Crippen LogP contribution in [0, 0.1) is 0 Å². The van der Waals surface area contributed by atoms with E-state index in [0.29, 0.717) is 13.0 Å². The third-order valence-electron chi connectivity index (χ3n) is 2.54. The molecule has 1 aromatic rings. The molecule has 0 radical (unpaired) electrons. The first kappa shape index (κ1) is 16.4. The molecule has 0 fully saturated rings. The van der Waals surface area contributed by atoms with Crippen molar-refractivity contribution in [1.29, 1.82) is 0 Å². The van der Waals surface area contributed by atoms with E-state index in [0.717, 1.165) is 8.66 Å². The summed E-state index contributed by atoms with van der Waals surface area (Å²) in [6.45, 7) is 2.21. The first-order chi connectivity index (χ1) is 8.99. The second kappa shape index (κ2) is 7.79. The summed E-state index contributed by atoms with van der Waals surface area (Å²) in [6.07, 6.45) is 3.70. The van der Waals surface area contributed by atoms with Crippen molar-refractivity contribution in [2.75, 3.05) is 20.3 Å². The van der Waals surface area contributed by atoms with Gasteiger partial charge in [-0.15, -0.1) is 11.3 Å². The van der Waals surface area contributed by atoms with E-state index in [-0.39, 0.29) is 12.5 Å². The fourth-order valence-corrected chi connectivity index (χ4v) is 2.98. The van der Waals surface area contributed by atoms with Gasteiger partial charge in [0.2, 0.25) is 5.91 Å². The van der Waals surface area contributed by atoms with Gasteiger partial charge in [0.15, 0.2) is 0 Å². The average Bonchev–Trinajstić information content (AvgIpc) is 2.73. The van der Waals surface area contributed by atoms with Gasteiger partial charge in [-0.2, -0.15) is 0 Å². The maximum atomic E-state index is 11.8. The molecule has 106 valence electrons. The largest absolute Gasteiger partial charge is 0.396 e. The van der Waals surface area contributed by atoms with Crippen LogP contribution in [0.3, 0.4) is 0 Å². The number of amides is 1. The summed E-state index contributed by atoms with van der Waals surface area (Å²) >= 11 is 4.92. The summed E-state index contributed by atoms with van der Waals surface area (Å²) in [5.74, 6) is -0.197. The van der Waals surface area contributed by atoms with Crippen LogP contribution in [-0.4, -0.2) is 36.9 Å². The highest BCUT2D eigenvalue weighted by atomic mass is 79.9. The second-order valence-electron chi connectivity index (χ2n) is 4.43. The van der Waals surface area contributed by atoms with Crippen molar-refractivity contribution in [2.45, 2.75) is 18.9 Å². The molecular weight excluding hydrogens is 330 g/mol. The minimum atomic E-state index is -0.555. The number of rotatable bonds is 7. The molecule has 0 bridgehead atoms. The van der Waals surface area contributed by atoms with Gasteiger partial charge in [-0.1, -0.05) is 0 Å². The molecule has 19 heavy (non-hydrogen) atoms. The first-order valence-electron chi connectivity index (χ1n) is 5.84. The lowest BCUT2D eigenvalue weighted by atomic mass is 9.99. The van der Waals surface area contributed by atoms with Crippen LogP contribution in [0.1, 0.15) is 18.2 Å². The highest BCUT2D eigenvalue weighted by Gasteiger charge is 2.24. The Labute approximate surface area is 125 Å². The van der Waals surface area contributed by atoms with Crippen molar-refractivity contribution in [2.24, 2.45) is 0 Å². The molecule has 1 atom stereocenters. The third kappa shape index (κ3) is 5.86. The zero-order valence-corrected chi connectivity index (χ0v) is 13.4. The molecule has 0 aliphatic rings. The molecule has 6 heteroatoms. The van der Waals surface area contributed by atoms with Crippen LogP contribution in [0.4, 0.5) is 0 Å². The number of hydrogen-bond acceptors (Lipinski definition) is 4. The third-order valence-corrected chi connectivity index (χ3v) is 4.13. The second-order valence-corrected chi connectivity index (χ2v) is 6.93. The molecule has 1 amide bonds. The van der Waals surface area contributed by atoms with Crippen LogP contribution >= 0.6 is 27.3 Å². The Bertz CT molecular complexity index is 439. The van der Waals surface area contributed by atoms with E-state index in [2.05, 4.69) is 21.2 Å². The van der Waals surface area contributed by atoms with Gasteiger partial charge < -0.3 is 15.2 Å². The Morgan fingerprint density at radius 1 is 1.63 bits per heavy atom. The molecule has 0 aliphatic carbocycles. The van der Waals surface area contributed by atoms with Gasteiger partial charge in [0.25, 0.3) is 0 Å². The Morgan fingerprint density at radius 2 is 2.37 bits per heavy atom. The molecule has 0 saturated heterocycles. The summed E-state index contributed by atoms with van der Waals surface area (Å²) in [5.41, 5.74) is -0.555. The molecule has 2 N–H and O–H groups in total. The van der Waals surface area contributed by atoms with Gasteiger partial charge in [-0.25, -0.2) is 0 Å². The predicted octanol–water partition coefficient (Wildman–Crippen LogP) is 2.43. The van der Waals surface area contributed by atoms with Gasteiger partial charge in [0.05, 0.1) is 15.9 Å². The van der Waals surface area contributed by atoms with Crippen LogP contribution in [0.25, 0.3) is 6.08 Å². The van der Waals surface area contributed by atoms with E-state index in [1.807, 2.05) is 19.1 Å². The number of halogens is 1. The number of aliphatic hydroxyl groups is 1. The van der Waals surface area contributed by atoms with Crippen molar-refractivity contribution in [1.82, 2.24) is 5.32 Å². The lowest BCUT2D eigenvalue weighted by Crippen LogP contribution is -2.49. The van der Waals surface area contributed by atoms with Crippen LogP contribution in [0.15, 0.2) is 22.0 Å². The number of carbonyl (C=O) groups excluding carboxylic acids is 1. The standard InChI is InChI=1S/C13H18BrNO3S/c1-13(7-8-16,9-18-2)15-12(17)6-4-10-3-5-11(14)19-10/h3-6,16H,7-9H2,1-2H3,(H,15,17)/b6-4+. The van der Waals surface area contributed by atoms with Gasteiger partial charge >= 0.3 is 0 Å². The summed E-state index contributed by atoms with van der Waals surface area (Å²) < 4.78 is 6.10. The minimum Gasteiger partial charge on any atom is -0.396 e. The molecular formula is C13H18BrNO3S. The van der Waals surface area contributed by atoms with Crippen LogP contribution in [0.2, 0.25) is 0 Å². The highest BCUT2D eigenvalue weighted by Crippen LogP contribution is 2.23. The molecule has 4 nitrogen and oxygen atoms in total. The number of thiophene rings is 1. The normalized spacial score (nSPS) is 14.5. The predicted molar refractivity (Wildman–Crippen MR) is 81.2 cm³/mol. The molecule has 0 saturated carbocycles. The zero-order valence-electron chi connectivity index (χ0n) is 11.0. The Hall–Kier alpha value is -0.690. The Balaban J connectivity index is 2.59. The SMILES string of the molecule is COCC(C)(CCO)NC(=O)/C=C/c1ccc(Br)s1.